The van der Waals surface area contributed by atoms with Gasteiger partial charge in [0.1, 0.15) is 5.82 Å². The Morgan fingerprint density at radius 3 is 3.00 bits per heavy atom. The minimum atomic E-state index is 0.0579. The first-order valence-corrected chi connectivity index (χ1v) is 5.84. The molecule has 0 saturated carbocycles. The Balaban J connectivity index is 2.33. The van der Waals surface area contributed by atoms with Crippen molar-refractivity contribution < 1.29 is 9.47 Å². The van der Waals surface area contributed by atoms with Gasteiger partial charge in [-0.2, -0.15) is 4.98 Å². The number of ether oxygens (including phenoxy) is 2. The predicted octanol–water partition coefficient (Wildman–Crippen LogP) is 1.26. The molecule has 1 heterocycles. The number of nitrogens with one attached hydrogen (secondary N) is 1. The summed E-state index contributed by atoms with van der Waals surface area (Å²) >= 11 is 0. The van der Waals surface area contributed by atoms with E-state index in [1.165, 1.54) is 0 Å². The lowest BCUT2D eigenvalue weighted by molar-refractivity contribution is 0.178. The highest BCUT2D eigenvalue weighted by Crippen LogP contribution is 2.11. The van der Waals surface area contributed by atoms with Gasteiger partial charge in [0.25, 0.3) is 0 Å². The van der Waals surface area contributed by atoms with E-state index < -0.39 is 0 Å². The van der Waals surface area contributed by atoms with Gasteiger partial charge in [0, 0.05) is 25.8 Å². The van der Waals surface area contributed by atoms with Crippen molar-refractivity contribution in [3.8, 4) is 5.88 Å². The molecule has 17 heavy (non-hydrogen) atoms. The third-order valence-electron chi connectivity index (χ3n) is 2.22. The third-order valence-corrected chi connectivity index (χ3v) is 2.22. The van der Waals surface area contributed by atoms with E-state index in [0.29, 0.717) is 19.1 Å². The van der Waals surface area contributed by atoms with E-state index in [2.05, 4.69) is 10.3 Å². The SMILES string of the molecule is CCOc1cccc(NCCC(N)COC)n1. The molecular weight excluding hydrogens is 218 g/mol. The van der Waals surface area contributed by atoms with Crippen molar-refractivity contribution in [1.29, 1.82) is 0 Å². The summed E-state index contributed by atoms with van der Waals surface area (Å²) in [6.07, 6.45) is 0.842. The van der Waals surface area contributed by atoms with Gasteiger partial charge in [0.15, 0.2) is 0 Å². The molecule has 5 nitrogen and oxygen atoms in total. The van der Waals surface area contributed by atoms with Crippen molar-refractivity contribution in [2.24, 2.45) is 5.73 Å². The van der Waals surface area contributed by atoms with Crippen LogP contribution in [0.4, 0.5) is 5.82 Å². The Hall–Kier alpha value is -1.33. The normalized spacial score (nSPS) is 12.2. The molecule has 0 amide bonds. The topological polar surface area (TPSA) is 69.4 Å². The fraction of sp³-hybridized carbons (Fsp3) is 0.583. The average molecular weight is 239 g/mol. The average Bonchev–Trinajstić information content (AvgIpc) is 2.30. The van der Waals surface area contributed by atoms with Crippen LogP contribution in [0.2, 0.25) is 0 Å². The number of hydrogen-bond donors (Lipinski definition) is 2. The Morgan fingerprint density at radius 1 is 1.47 bits per heavy atom. The number of hydrogen-bond acceptors (Lipinski definition) is 5. The number of nitrogens with two attached hydrogens (primary N) is 1. The van der Waals surface area contributed by atoms with Crippen molar-refractivity contribution in [2.45, 2.75) is 19.4 Å². The molecule has 3 N–H and O–H groups in total. The second-order valence-corrected chi connectivity index (χ2v) is 3.72. The lowest BCUT2D eigenvalue weighted by atomic mass is 10.2. The molecule has 1 rings (SSSR count). The molecule has 0 aromatic carbocycles. The van der Waals surface area contributed by atoms with Gasteiger partial charge in [-0.3, -0.25) is 0 Å². The zero-order valence-corrected chi connectivity index (χ0v) is 10.5. The van der Waals surface area contributed by atoms with Crippen LogP contribution >= 0.6 is 0 Å². The van der Waals surface area contributed by atoms with E-state index in [1.807, 2.05) is 25.1 Å². The van der Waals surface area contributed by atoms with Crippen LogP contribution < -0.4 is 15.8 Å². The van der Waals surface area contributed by atoms with Gasteiger partial charge in [-0.15, -0.1) is 0 Å². The van der Waals surface area contributed by atoms with Gasteiger partial charge in [-0.25, -0.2) is 0 Å². The molecule has 0 saturated heterocycles. The first kappa shape index (κ1) is 13.7. The van der Waals surface area contributed by atoms with Gasteiger partial charge < -0.3 is 20.5 Å². The van der Waals surface area contributed by atoms with Gasteiger partial charge in [-0.1, -0.05) is 6.07 Å². The minimum Gasteiger partial charge on any atom is -0.478 e. The highest BCUT2D eigenvalue weighted by atomic mass is 16.5. The van der Waals surface area contributed by atoms with E-state index in [0.717, 1.165) is 18.8 Å². The lowest BCUT2D eigenvalue weighted by Crippen LogP contribution is -2.28. The van der Waals surface area contributed by atoms with E-state index >= 15 is 0 Å². The van der Waals surface area contributed by atoms with Gasteiger partial charge in [-0.05, 0) is 19.4 Å². The maximum atomic E-state index is 5.82. The molecule has 1 aromatic rings. The van der Waals surface area contributed by atoms with Crippen molar-refractivity contribution >= 4 is 5.82 Å². The van der Waals surface area contributed by atoms with Crippen LogP contribution in [0, 0.1) is 0 Å². The number of methoxy groups -OCH3 is 1. The van der Waals surface area contributed by atoms with Crippen molar-refractivity contribution in [2.75, 3.05) is 32.2 Å². The summed E-state index contributed by atoms with van der Waals surface area (Å²) in [5, 5.41) is 3.21. The van der Waals surface area contributed by atoms with Crippen molar-refractivity contribution in [1.82, 2.24) is 4.98 Å². The van der Waals surface area contributed by atoms with Crippen LogP contribution in [0.5, 0.6) is 5.88 Å². The van der Waals surface area contributed by atoms with Crippen molar-refractivity contribution in [3.63, 3.8) is 0 Å². The molecule has 1 unspecified atom stereocenters. The second-order valence-electron chi connectivity index (χ2n) is 3.72. The van der Waals surface area contributed by atoms with Crippen LogP contribution in [-0.4, -0.2) is 37.9 Å². The van der Waals surface area contributed by atoms with Crippen LogP contribution in [-0.2, 0) is 4.74 Å². The number of aromatic nitrogens is 1. The molecule has 0 aliphatic heterocycles. The van der Waals surface area contributed by atoms with Crippen LogP contribution in [0.15, 0.2) is 18.2 Å². The smallest absolute Gasteiger partial charge is 0.215 e. The van der Waals surface area contributed by atoms with Crippen LogP contribution in [0.3, 0.4) is 0 Å². The maximum Gasteiger partial charge on any atom is 0.215 e. The van der Waals surface area contributed by atoms with Crippen molar-refractivity contribution in [3.05, 3.63) is 18.2 Å². The molecular formula is C12H21N3O2. The standard InChI is InChI=1S/C12H21N3O2/c1-3-17-12-6-4-5-11(15-12)14-8-7-10(13)9-16-2/h4-6,10H,3,7-9,13H2,1-2H3,(H,14,15). The van der Waals surface area contributed by atoms with E-state index in [4.69, 9.17) is 15.2 Å². The third kappa shape index (κ3) is 5.51. The molecule has 1 aromatic heterocycles. The fourth-order valence-corrected chi connectivity index (χ4v) is 1.42. The summed E-state index contributed by atoms with van der Waals surface area (Å²) in [6.45, 7) is 3.90. The van der Waals surface area contributed by atoms with E-state index in [-0.39, 0.29) is 6.04 Å². The molecule has 0 aliphatic rings. The summed E-state index contributed by atoms with van der Waals surface area (Å²) < 4.78 is 10.3. The van der Waals surface area contributed by atoms with E-state index in [9.17, 15) is 0 Å². The molecule has 96 valence electrons. The maximum absolute atomic E-state index is 5.82. The Labute approximate surface area is 102 Å². The minimum absolute atomic E-state index is 0.0579. The quantitative estimate of drug-likeness (QED) is 0.714. The second kappa shape index (κ2) is 7.86. The number of pyridine rings is 1. The number of nitrogens with zero attached hydrogens (tertiary/aromatic N) is 1. The first-order valence-electron chi connectivity index (χ1n) is 5.84. The monoisotopic (exact) mass is 239 g/mol. The molecule has 0 spiro atoms. The largest absolute Gasteiger partial charge is 0.478 e. The van der Waals surface area contributed by atoms with Gasteiger partial charge >= 0.3 is 0 Å². The molecule has 0 fully saturated rings. The van der Waals surface area contributed by atoms with Gasteiger partial charge in [0.05, 0.1) is 13.2 Å². The molecule has 0 radical (unpaired) electrons. The van der Waals surface area contributed by atoms with Gasteiger partial charge in [0.2, 0.25) is 5.88 Å². The first-order chi connectivity index (χ1) is 8.26. The molecule has 0 bridgehead atoms. The molecule has 1 atom stereocenters. The van der Waals surface area contributed by atoms with E-state index in [1.54, 1.807) is 7.11 Å². The summed E-state index contributed by atoms with van der Waals surface area (Å²) in [5.74, 6) is 1.44. The number of anilines is 1. The Bertz CT molecular complexity index is 320. The molecule has 5 heteroatoms. The highest BCUT2D eigenvalue weighted by Gasteiger charge is 2.02. The fourth-order valence-electron chi connectivity index (χ4n) is 1.42. The zero-order valence-electron chi connectivity index (χ0n) is 10.5. The highest BCUT2D eigenvalue weighted by molar-refractivity contribution is 5.36. The lowest BCUT2D eigenvalue weighted by Gasteiger charge is -2.11. The van der Waals surface area contributed by atoms with Crippen LogP contribution in [0.25, 0.3) is 0 Å². The summed E-state index contributed by atoms with van der Waals surface area (Å²) in [7, 11) is 1.65. The Kier molecular flexibility index (Phi) is 6.35. The van der Waals surface area contributed by atoms with Crippen LogP contribution in [0.1, 0.15) is 13.3 Å². The molecule has 0 aliphatic carbocycles. The zero-order chi connectivity index (χ0) is 12.5. The summed E-state index contributed by atoms with van der Waals surface area (Å²) in [6, 6.07) is 5.72. The summed E-state index contributed by atoms with van der Waals surface area (Å²) in [5.41, 5.74) is 5.82. The predicted molar refractivity (Wildman–Crippen MR) is 68.4 cm³/mol. The Morgan fingerprint density at radius 2 is 2.29 bits per heavy atom. The summed E-state index contributed by atoms with van der Waals surface area (Å²) in [4.78, 5) is 4.30. The number of rotatable bonds is 8.